The summed E-state index contributed by atoms with van der Waals surface area (Å²) in [4.78, 5) is 0. The second-order valence-corrected chi connectivity index (χ2v) is 5.92. The number of hydrogen-bond donors (Lipinski definition) is 0. The van der Waals surface area contributed by atoms with Crippen LogP contribution >= 0.6 is 15.9 Å². The molecule has 90 valence electrons. The Morgan fingerprint density at radius 1 is 1.00 bits per heavy atom. The number of aryl methyl sites for hydroxylation is 1. The Hall–Kier alpha value is -1.34. The molecule has 0 fully saturated rings. The number of allylic oxidation sites excluding steroid dienone is 1. The molecule has 0 heterocycles. The lowest BCUT2D eigenvalue weighted by Crippen LogP contribution is -1.99. The summed E-state index contributed by atoms with van der Waals surface area (Å²) in [6.45, 7) is 4.38. The number of halogens is 1. The van der Waals surface area contributed by atoms with Crippen molar-refractivity contribution in [2.45, 2.75) is 19.8 Å². The van der Waals surface area contributed by atoms with Crippen molar-refractivity contribution in [3.8, 4) is 0 Å². The van der Waals surface area contributed by atoms with E-state index >= 15 is 0 Å². The molecule has 0 N–H and O–H groups in total. The Bertz CT molecular complexity index is 638. The van der Waals surface area contributed by atoms with Crippen LogP contribution in [0.5, 0.6) is 0 Å². The van der Waals surface area contributed by atoms with Crippen LogP contribution in [0, 0.1) is 6.92 Å². The first kappa shape index (κ1) is 11.7. The first-order chi connectivity index (χ1) is 8.65. The Morgan fingerprint density at radius 2 is 1.83 bits per heavy atom. The molecular weight excluding hydrogens is 284 g/mol. The fourth-order valence-electron chi connectivity index (χ4n) is 2.80. The molecule has 0 nitrogen and oxygen atoms in total. The highest BCUT2D eigenvalue weighted by Gasteiger charge is 2.23. The van der Waals surface area contributed by atoms with Crippen LogP contribution in [0.3, 0.4) is 0 Å². The summed E-state index contributed by atoms with van der Waals surface area (Å²) < 4.78 is 1.15. The topological polar surface area (TPSA) is 0 Å². The van der Waals surface area contributed by atoms with Crippen molar-refractivity contribution < 1.29 is 0 Å². The van der Waals surface area contributed by atoms with Gasteiger partial charge in [0.25, 0.3) is 0 Å². The maximum atomic E-state index is 3.54. The largest absolute Gasteiger partial charge is 0.0617 e. The molecule has 0 amide bonds. The maximum Gasteiger partial charge on any atom is 0.0305 e. The minimum Gasteiger partial charge on any atom is -0.0617 e. The fourth-order valence-corrected chi connectivity index (χ4v) is 3.18. The zero-order valence-electron chi connectivity index (χ0n) is 10.6. The second-order valence-electron chi connectivity index (χ2n) is 5.01. The predicted molar refractivity (Wildman–Crippen MR) is 80.8 cm³/mol. The van der Waals surface area contributed by atoms with Gasteiger partial charge in [-0.05, 0) is 42.7 Å². The second kappa shape index (κ2) is 4.40. The summed E-state index contributed by atoms with van der Waals surface area (Å²) >= 11 is 3.54. The van der Waals surface area contributed by atoms with Gasteiger partial charge in [-0.2, -0.15) is 0 Å². The lowest BCUT2D eigenvalue weighted by atomic mass is 9.88. The summed E-state index contributed by atoms with van der Waals surface area (Å²) in [6, 6.07) is 15.4. The van der Waals surface area contributed by atoms with Crippen molar-refractivity contribution >= 4 is 22.0 Å². The Kier molecular flexibility index (Phi) is 2.87. The Morgan fingerprint density at radius 3 is 2.61 bits per heavy atom. The normalized spacial score (nSPS) is 17.5. The molecule has 2 aromatic rings. The summed E-state index contributed by atoms with van der Waals surface area (Å²) in [7, 11) is 0. The van der Waals surface area contributed by atoms with Crippen molar-refractivity contribution in [1.82, 2.24) is 0 Å². The molecule has 2 aromatic carbocycles. The first-order valence-electron chi connectivity index (χ1n) is 6.19. The summed E-state index contributed by atoms with van der Waals surface area (Å²) in [5, 5.41) is 0. The van der Waals surface area contributed by atoms with E-state index in [2.05, 4.69) is 78.3 Å². The van der Waals surface area contributed by atoms with Crippen LogP contribution in [-0.4, -0.2) is 0 Å². The highest BCUT2D eigenvalue weighted by Crippen LogP contribution is 2.41. The minimum absolute atomic E-state index is 0.424. The highest BCUT2D eigenvalue weighted by atomic mass is 79.9. The van der Waals surface area contributed by atoms with Gasteiger partial charge < -0.3 is 0 Å². The number of fused-ring (bicyclic) bond motifs is 1. The van der Waals surface area contributed by atoms with Gasteiger partial charge in [0.2, 0.25) is 0 Å². The highest BCUT2D eigenvalue weighted by molar-refractivity contribution is 9.10. The molecule has 3 rings (SSSR count). The van der Waals surface area contributed by atoms with Gasteiger partial charge in [-0.25, -0.2) is 0 Å². The van der Waals surface area contributed by atoms with Crippen molar-refractivity contribution in [1.29, 1.82) is 0 Å². The smallest absolute Gasteiger partial charge is 0.0305 e. The lowest BCUT2D eigenvalue weighted by molar-refractivity contribution is 0.973. The molecule has 1 aliphatic rings. The molecule has 1 aliphatic carbocycles. The molecule has 0 saturated carbocycles. The van der Waals surface area contributed by atoms with Crippen LogP contribution in [0.25, 0.3) is 6.08 Å². The van der Waals surface area contributed by atoms with Gasteiger partial charge in [0.05, 0.1) is 0 Å². The van der Waals surface area contributed by atoms with Crippen LogP contribution in [0.2, 0.25) is 0 Å². The standard InChI is InChI=1S/C17H15Br/c1-11-4-3-5-13(8-11)17-12(2)9-14-10-15(18)6-7-16(14)17/h3-10,17H,1-2H3. The van der Waals surface area contributed by atoms with Crippen LogP contribution < -0.4 is 0 Å². The third-order valence-electron chi connectivity index (χ3n) is 3.57. The number of benzene rings is 2. The molecule has 1 atom stereocenters. The van der Waals surface area contributed by atoms with Crippen LogP contribution in [-0.2, 0) is 0 Å². The van der Waals surface area contributed by atoms with Gasteiger partial charge in [-0.1, -0.05) is 63.5 Å². The van der Waals surface area contributed by atoms with Crippen LogP contribution in [0.15, 0.2) is 52.5 Å². The molecule has 0 spiro atoms. The molecule has 0 aliphatic heterocycles. The van der Waals surface area contributed by atoms with E-state index in [1.165, 1.54) is 27.8 Å². The van der Waals surface area contributed by atoms with E-state index < -0.39 is 0 Å². The molecule has 0 aromatic heterocycles. The first-order valence-corrected chi connectivity index (χ1v) is 6.98. The van der Waals surface area contributed by atoms with Crippen LogP contribution in [0.4, 0.5) is 0 Å². The van der Waals surface area contributed by atoms with Gasteiger partial charge >= 0.3 is 0 Å². The lowest BCUT2D eigenvalue weighted by Gasteiger charge is -2.15. The van der Waals surface area contributed by atoms with Gasteiger partial charge in [0.15, 0.2) is 0 Å². The molecule has 0 saturated heterocycles. The third-order valence-corrected chi connectivity index (χ3v) is 4.07. The van der Waals surface area contributed by atoms with E-state index in [9.17, 15) is 0 Å². The third kappa shape index (κ3) is 1.93. The van der Waals surface area contributed by atoms with E-state index in [0.29, 0.717) is 5.92 Å². The average molecular weight is 299 g/mol. The monoisotopic (exact) mass is 298 g/mol. The van der Waals surface area contributed by atoms with E-state index in [1.54, 1.807) is 0 Å². The van der Waals surface area contributed by atoms with Crippen molar-refractivity contribution in [2.24, 2.45) is 0 Å². The average Bonchev–Trinajstić information content (AvgIpc) is 2.64. The van der Waals surface area contributed by atoms with Gasteiger partial charge in [0.1, 0.15) is 0 Å². The molecule has 1 heteroatoms. The molecule has 18 heavy (non-hydrogen) atoms. The number of rotatable bonds is 1. The molecule has 0 radical (unpaired) electrons. The Labute approximate surface area is 116 Å². The van der Waals surface area contributed by atoms with Gasteiger partial charge in [-0.15, -0.1) is 0 Å². The quantitative estimate of drug-likeness (QED) is 0.669. The predicted octanol–water partition coefficient (Wildman–Crippen LogP) is 5.31. The van der Waals surface area contributed by atoms with E-state index in [4.69, 9.17) is 0 Å². The van der Waals surface area contributed by atoms with Crippen molar-refractivity contribution in [3.63, 3.8) is 0 Å². The summed E-state index contributed by atoms with van der Waals surface area (Å²) in [5.74, 6) is 0.424. The molecule has 0 bridgehead atoms. The van der Waals surface area contributed by atoms with E-state index in [-0.39, 0.29) is 0 Å². The number of hydrogen-bond acceptors (Lipinski definition) is 0. The van der Waals surface area contributed by atoms with Crippen LogP contribution in [0.1, 0.15) is 35.1 Å². The molecule has 1 unspecified atom stereocenters. The summed E-state index contributed by atoms with van der Waals surface area (Å²) in [5.41, 5.74) is 6.90. The zero-order valence-corrected chi connectivity index (χ0v) is 12.2. The fraction of sp³-hybridized carbons (Fsp3) is 0.176. The summed E-state index contributed by atoms with van der Waals surface area (Å²) in [6.07, 6.45) is 2.30. The maximum absolute atomic E-state index is 3.54. The minimum atomic E-state index is 0.424. The van der Waals surface area contributed by atoms with E-state index in [1.807, 2.05) is 0 Å². The van der Waals surface area contributed by atoms with Crippen molar-refractivity contribution in [2.75, 3.05) is 0 Å². The van der Waals surface area contributed by atoms with Gasteiger partial charge in [-0.3, -0.25) is 0 Å². The zero-order chi connectivity index (χ0) is 12.7. The molecular formula is C17H15Br. The van der Waals surface area contributed by atoms with E-state index in [0.717, 1.165) is 4.47 Å². The van der Waals surface area contributed by atoms with Gasteiger partial charge in [0, 0.05) is 10.4 Å². The van der Waals surface area contributed by atoms with Crippen molar-refractivity contribution in [3.05, 3.63) is 74.8 Å². The Balaban J connectivity index is 2.13. The SMILES string of the molecule is CC1=Cc2cc(Br)ccc2C1c1cccc(C)c1.